The maximum Gasteiger partial charge on any atom is 0.350 e. The molecule has 43 heavy (non-hydrogen) atoms. The van der Waals surface area contributed by atoms with Crippen molar-refractivity contribution in [2.45, 2.75) is 50.6 Å². The van der Waals surface area contributed by atoms with Crippen LogP contribution in [0.4, 0.5) is 14.5 Å². The first-order valence-corrected chi connectivity index (χ1v) is 15.2. The first kappa shape index (κ1) is 30.1. The van der Waals surface area contributed by atoms with Crippen LogP contribution >= 0.6 is 0 Å². The SMILES string of the molecule is CCC(C)n1ncn(-c2ccc(N3C=CN(S(=O)(=O)[C@H](C)[C@](O)(Cn4cncn4)c4ccc(F)cc4F)CC3)cc2)c1=O. The molecule has 1 aliphatic rings. The van der Waals surface area contributed by atoms with Gasteiger partial charge in [0.15, 0.2) is 0 Å². The minimum atomic E-state index is -4.26. The fraction of sp³-hybridized carbons (Fsp3) is 0.357. The molecule has 2 aromatic heterocycles. The summed E-state index contributed by atoms with van der Waals surface area (Å²) in [5, 5.41) is 18.3. The van der Waals surface area contributed by atoms with E-state index in [-0.39, 0.29) is 30.4 Å². The Morgan fingerprint density at radius 1 is 1.00 bits per heavy atom. The van der Waals surface area contributed by atoms with Crippen molar-refractivity contribution in [3.63, 3.8) is 0 Å². The molecule has 15 heteroatoms. The van der Waals surface area contributed by atoms with Gasteiger partial charge >= 0.3 is 5.69 Å². The second kappa shape index (κ2) is 11.7. The monoisotopic (exact) mass is 614 g/mol. The number of aromatic nitrogens is 6. The summed E-state index contributed by atoms with van der Waals surface area (Å²) in [5.41, 5.74) is -1.52. The summed E-state index contributed by atoms with van der Waals surface area (Å²) in [6, 6.07) is 9.75. The molecule has 228 valence electrons. The van der Waals surface area contributed by atoms with Gasteiger partial charge in [-0.2, -0.15) is 10.2 Å². The third kappa shape index (κ3) is 5.69. The summed E-state index contributed by atoms with van der Waals surface area (Å²) in [7, 11) is -4.26. The maximum absolute atomic E-state index is 14.9. The van der Waals surface area contributed by atoms with Gasteiger partial charge in [0, 0.05) is 36.3 Å². The van der Waals surface area contributed by atoms with Gasteiger partial charge in [-0.05, 0) is 50.6 Å². The van der Waals surface area contributed by atoms with E-state index in [0.29, 0.717) is 11.8 Å². The summed E-state index contributed by atoms with van der Waals surface area (Å²) >= 11 is 0. The Bertz CT molecular complexity index is 1770. The van der Waals surface area contributed by atoms with Crippen molar-refractivity contribution in [3.05, 3.63) is 102 Å². The van der Waals surface area contributed by atoms with Crippen molar-refractivity contribution in [2.75, 3.05) is 18.0 Å². The number of anilines is 1. The standard InChI is InChI=1S/C28H32F2N8O4S/c1-4-20(2)38-27(39)37(19-33-38)24-8-6-23(7-9-24)34-11-13-36(14-12-34)43(41,42)21(3)28(40,16-35-18-31-17-32-35)25-10-5-22(29)15-26(25)30/h5-11,13,15,17-21,40H,4,12,14,16H2,1-3H3/t20?,21-,28-/m1/s1. The number of benzene rings is 2. The smallest absolute Gasteiger partial charge is 0.350 e. The van der Waals surface area contributed by atoms with E-state index in [1.165, 1.54) is 46.0 Å². The highest BCUT2D eigenvalue weighted by Crippen LogP contribution is 2.35. The van der Waals surface area contributed by atoms with Gasteiger partial charge in [-0.3, -0.25) is 4.31 Å². The molecule has 1 aliphatic heterocycles. The van der Waals surface area contributed by atoms with Crippen LogP contribution in [0.15, 0.2) is 78.6 Å². The molecule has 5 rings (SSSR count). The van der Waals surface area contributed by atoms with Gasteiger partial charge < -0.3 is 10.0 Å². The Morgan fingerprint density at radius 3 is 2.33 bits per heavy atom. The lowest BCUT2D eigenvalue weighted by Gasteiger charge is -2.38. The number of sulfonamides is 1. The molecule has 3 heterocycles. The van der Waals surface area contributed by atoms with Gasteiger partial charge in [-0.15, -0.1) is 0 Å². The topological polar surface area (TPSA) is 131 Å². The summed E-state index contributed by atoms with van der Waals surface area (Å²) in [6.07, 6.45) is 7.69. The van der Waals surface area contributed by atoms with E-state index in [1.807, 2.05) is 30.9 Å². The van der Waals surface area contributed by atoms with Crippen LogP contribution in [0.5, 0.6) is 0 Å². The summed E-state index contributed by atoms with van der Waals surface area (Å²) in [5.74, 6) is -1.94. The number of hydrogen-bond donors (Lipinski definition) is 1. The fourth-order valence-electron chi connectivity index (χ4n) is 5.00. The minimum absolute atomic E-state index is 0.0262. The number of aliphatic hydroxyl groups is 1. The lowest BCUT2D eigenvalue weighted by atomic mass is 9.90. The number of nitrogens with zero attached hydrogens (tertiary/aromatic N) is 8. The third-order valence-electron chi connectivity index (χ3n) is 7.85. The van der Waals surface area contributed by atoms with Crippen LogP contribution < -0.4 is 10.6 Å². The van der Waals surface area contributed by atoms with Crippen LogP contribution in [-0.4, -0.2) is 65.3 Å². The van der Waals surface area contributed by atoms with E-state index in [0.717, 1.165) is 28.5 Å². The number of halogens is 2. The predicted molar refractivity (Wildman–Crippen MR) is 155 cm³/mol. The minimum Gasteiger partial charge on any atom is -0.382 e. The Hall–Kier alpha value is -4.37. The molecule has 0 amide bonds. The molecule has 0 aliphatic carbocycles. The zero-order valence-corrected chi connectivity index (χ0v) is 24.6. The van der Waals surface area contributed by atoms with Gasteiger partial charge in [0.1, 0.15) is 41.5 Å². The molecular weight excluding hydrogens is 582 g/mol. The highest BCUT2D eigenvalue weighted by atomic mass is 32.2. The van der Waals surface area contributed by atoms with Crippen molar-refractivity contribution in [1.29, 1.82) is 0 Å². The molecule has 0 spiro atoms. The molecule has 3 atom stereocenters. The molecule has 0 bridgehead atoms. The number of rotatable bonds is 10. The average Bonchev–Trinajstić information content (AvgIpc) is 3.65. The van der Waals surface area contributed by atoms with E-state index in [9.17, 15) is 27.1 Å². The van der Waals surface area contributed by atoms with Crippen LogP contribution in [0.1, 0.15) is 38.8 Å². The molecule has 2 aromatic carbocycles. The van der Waals surface area contributed by atoms with Gasteiger partial charge in [0.05, 0.1) is 24.8 Å². The van der Waals surface area contributed by atoms with Gasteiger partial charge in [0.25, 0.3) is 0 Å². The summed E-state index contributed by atoms with van der Waals surface area (Å²) in [6.45, 7) is 5.06. The van der Waals surface area contributed by atoms with Crippen LogP contribution in [0.3, 0.4) is 0 Å². The molecule has 1 N–H and O–H groups in total. The van der Waals surface area contributed by atoms with E-state index < -0.39 is 39.1 Å². The zero-order valence-electron chi connectivity index (χ0n) is 23.8. The first-order chi connectivity index (χ1) is 20.5. The largest absolute Gasteiger partial charge is 0.382 e. The lowest BCUT2D eigenvalue weighted by molar-refractivity contribution is 0.00991. The highest BCUT2D eigenvalue weighted by molar-refractivity contribution is 7.89. The summed E-state index contributed by atoms with van der Waals surface area (Å²) < 4.78 is 61.3. The second-order valence-corrected chi connectivity index (χ2v) is 12.6. The molecular formula is C28H32F2N8O4S. The highest BCUT2D eigenvalue weighted by Gasteiger charge is 2.47. The average molecular weight is 615 g/mol. The predicted octanol–water partition coefficient (Wildman–Crippen LogP) is 2.77. The molecule has 1 unspecified atom stereocenters. The fourth-order valence-corrected chi connectivity index (χ4v) is 6.66. The zero-order chi connectivity index (χ0) is 30.9. The molecule has 4 aromatic rings. The van der Waals surface area contributed by atoms with Crippen molar-refractivity contribution < 1.29 is 22.3 Å². The molecule has 12 nitrogen and oxygen atoms in total. The third-order valence-corrected chi connectivity index (χ3v) is 10.1. The van der Waals surface area contributed by atoms with Crippen molar-refractivity contribution in [1.82, 2.24) is 33.4 Å². The van der Waals surface area contributed by atoms with Gasteiger partial charge in [-0.25, -0.2) is 40.9 Å². The summed E-state index contributed by atoms with van der Waals surface area (Å²) in [4.78, 5) is 18.4. The molecule has 0 saturated heterocycles. The van der Waals surface area contributed by atoms with Crippen molar-refractivity contribution in [2.24, 2.45) is 0 Å². The van der Waals surface area contributed by atoms with Crippen LogP contribution in [0.25, 0.3) is 5.69 Å². The Morgan fingerprint density at radius 2 is 1.72 bits per heavy atom. The maximum atomic E-state index is 14.9. The lowest BCUT2D eigenvalue weighted by Crippen LogP contribution is -2.52. The Balaban J connectivity index is 1.37. The normalized spacial score (nSPS) is 16.7. The Kier molecular flexibility index (Phi) is 8.21. The molecule has 0 fully saturated rings. The van der Waals surface area contributed by atoms with Crippen molar-refractivity contribution >= 4 is 15.7 Å². The molecule has 0 radical (unpaired) electrons. The van der Waals surface area contributed by atoms with E-state index in [1.54, 1.807) is 18.3 Å². The van der Waals surface area contributed by atoms with Gasteiger partial charge in [-0.1, -0.05) is 13.0 Å². The van der Waals surface area contributed by atoms with Gasteiger partial charge in [0.2, 0.25) is 10.0 Å². The quantitative estimate of drug-likeness (QED) is 0.289. The van der Waals surface area contributed by atoms with Crippen LogP contribution in [-0.2, 0) is 22.2 Å². The van der Waals surface area contributed by atoms with E-state index in [4.69, 9.17) is 0 Å². The second-order valence-electron chi connectivity index (χ2n) is 10.4. The first-order valence-electron chi connectivity index (χ1n) is 13.7. The molecule has 0 saturated carbocycles. The van der Waals surface area contributed by atoms with Crippen LogP contribution in [0, 0.1) is 11.6 Å². The Labute approximate surface area is 247 Å². The van der Waals surface area contributed by atoms with E-state index >= 15 is 0 Å². The number of hydrogen-bond acceptors (Lipinski definition) is 8. The van der Waals surface area contributed by atoms with Crippen molar-refractivity contribution in [3.8, 4) is 5.69 Å². The van der Waals surface area contributed by atoms with E-state index in [2.05, 4.69) is 15.2 Å². The van der Waals surface area contributed by atoms with Crippen LogP contribution in [0.2, 0.25) is 0 Å².